The van der Waals surface area contributed by atoms with Crippen molar-refractivity contribution >= 4 is 17.5 Å². The molecule has 1 N–H and O–H groups in total. The number of amides is 2. The molecule has 0 fully saturated rings. The van der Waals surface area contributed by atoms with E-state index in [0.717, 1.165) is 5.75 Å². The number of carbonyl (C=O) groups excluding carboxylic acids is 2. The number of nitrogens with zero attached hydrogens (tertiary/aromatic N) is 1. The number of ether oxygens (including phenoxy) is 3. The minimum Gasteiger partial charge on any atom is -0.497 e. The number of nitrogens with one attached hydrogen (secondary N) is 1. The van der Waals surface area contributed by atoms with Crippen LogP contribution in [0.4, 0.5) is 5.69 Å². The standard InChI is InChI=1S/C21H26N2O5/c1-16(24)23(13-14-28-19-9-7-18(26-2)8-10-19)12-11-21(25)22-17-5-4-6-20(15-17)27-3/h4-10,15H,11-14H2,1-3H3,(H,22,25). The molecule has 7 heteroatoms. The smallest absolute Gasteiger partial charge is 0.226 e. The summed E-state index contributed by atoms with van der Waals surface area (Å²) >= 11 is 0. The molecule has 2 amide bonds. The van der Waals surface area contributed by atoms with Crippen LogP contribution >= 0.6 is 0 Å². The van der Waals surface area contributed by atoms with Crippen molar-refractivity contribution in [2.24, 2.45) is 0 Å². The van der Waals surface area contributed by atoms with Gasteiger partial charge >= 0.3 is 0 Å². The molecule has 7 nitrogen and oxygen atoms in total. The van der Waals surface area contributed by atoms with Crippen LogP contribution in [0.1, 0.15) is 13.3 Å². The molecule has 2 aromatic carbocycles. The third kappa shape index (κ3) is 6.83. The Morgan fingerprint density at radius 2 is 1.61 bits per heavy atom. The predicted octanol–water partition coefficient (Wildman–Crippen LogP) is 2.96. The van der Waals surface area contributed by atoms with Crippen molar-refractivity contribution in [1.82, 2.24) is 4.90 Å². The summed E-state index contributed by atoms with van der Waals surface area (Å²) in [5, 5.41) is 2.80. The van der Waals surface area contributed by atoms with Gasteiger partial charge in [0.2, 0.25) is 11.8 Å². The third-order valence-corrected chi connectivity index (χ3v) is 4.10. The van der Waals surface area contributed by atoms with Crippen molar-refractivity contribution in [1.29, 1.82) is 0 Å². The van der Waals surface area contributed by atoms with Gasteiger partial charge < -0.3 is 24.4 Å². The minimum absolute atomic E-state index is 0.104. The molecule has 150 valence electrons. The highest BCUT2D eigenvalue weighted by Gasteiger charge is 2.12. The highest BCUT2D eigenvalue weighted by Crippen LogP contribution is 2.18. The van der Waals surface area contributed by atoms with Gasteiger partial charge in [0.15, 0.2) is 0 Å². The zero-order valence-electron chi connectivity index (χ0n) is 16.4. The predicted molar refractivity (Wildman–Crippen MR) is 107 cm³/mol. The molecule has 0 saturated heterocycles. The van der Waals surface area contributed by atoms with E-state index in [1.54, 1.807) is 67.7 Å². The second kappa shape index (κ2) is 10.8. The van der Waals surface area contributed by atoms with E-state index in [1.807, 2.05) is 0 Å². The van der Waals surface area contributed by atoms with Gasteiger partial charge in [-0.3, -0.25) is 9.59 Å². The lowest BCUT2D eigenvalue weighted by molar-refractivity contribution is -0.129. The van der Waals surface area contributed by atoms with Crippen LogP contribution in [0.5, 0.6) is 17.2 Å². The molecule has 2 aromatic rings. The molecule has 0 spiro atoms. The van der Waals surface area contributed by atoms with Gasteiger partial charge in [-0.2, -0.15) is 0 Å². The zero-order valence-corrected chi connectivity index (χ0v) is 16.4. The molecule has 0 atom stereocenters. The Morgan fingerprint density at radius 1 is 0.929 bits per heavy atom. The lowest BCUT2D eigenvalue weighted by atomic mass is 10.2. The van der Waals surface area contributed by atoms with Gasteiger partial charge in [-0.15, -0.1) is 0 Å². The Morgan fingerprint density at radius 3 is 2.25 bits per heavy atom. The first-order valence-corrected chi connectivity index (χ1v) is 8.98. The van der Waals surface area contributed by atoms with E-state index < -0.39 is 0 Å². The van der Waals surface area contributed by atoms with E-state index in [0.29, 0.717) is 36.9 Å². The Labute approximate surface area is 165 Å². The van der Waals surface area contributed by atoms with Gasteiger partial charge in [-0.1, -0.05) is 6.07 Å². The SMILES string of the molecule is COc1ccc(OCCN(CCC(=O)Nc2cccc(OC)c2)C(C)=O)cc1. The summed E-state index contributed by atoms with van der Waals surface area (Å²) in [5.41, 5.74) is 0.654. The first-order chi connectivity index (χ1) is 13.5. The van der Waals surface area contributed by atoms with Gasteiger partial charge in [0, 0.05) is 31.6 Å². The number of hydrogen-bond donors (Lipinski definition) is 1. The van der Waals surface area contributed by atoms with Crippen LogP contribution in [-0.2, 0) is 9.59 Å². The quantitative estimate of drug-likeness (QED) is 0.679. The highest BCUT2D eigenvalue weighted by molar-refractivity contribution is 5.91. The average molecular weight is 386 g/mol. The molecule has 2 rings (SSSR count). The number of hydrogen-bond acceptors (Lipinski definition) is 5. The molecule has 0 saturated carbocycles. The maximum Gasteiger partial charge on any atom is 0.226 e. The minimum atomic E-state index is -0.171. The Hall–Kier alpha value is -3.22. The fourth-order valence-corrected chi connectivity index (χ4v) is 2.53. The molecule has 0 bridgehead atoms. The summed E-state index contributed by atoms with van der Waals surface area (Å²) in [5.74, 6) is 1.83. The third-order valence-electron chi connectivity index (χ3n) is 4.10. The Kier molecular flexibility index (Phi) is 8.14. The van der Waals surface area contributed by atoms with Crippen molar-refractivity contribution in [2.75, 3.05) is 39.2 Å². The number of carbonyl (C=O) groups is 2. The summed E-state index contributed by atoms with van der Waals surface area (Å²) < 4.78 is 15.9. The largest absolute Gasteiger partial charge is 0.497 e. The molecular weight excluding hydrogens is 360 g/mol. The Balaban J connectivity index is 1.78. The average Bonchev–Trinajstić information content (AvgIpc) is 2.70. The van der Waals surface area contributed by atoms with E-state index in [1.165, 1.54) is 6.92 Å². The normalized spacial score (nSPS) is 10.1. The fourth-order valence-electron chi connectivity index (χ4n) is 2.53. The number of anilines is 1. The van der Waals surface area contributed by atoms with E-state index in [2.05, 4.69) is 5.32 Å². The maximum absolute atomic E-state index is 12.2. The van der Waals surface area contributed by atoms with Gasteiger partial charge in [-0.05, 0) is 36.4 Å². The van der Waals surface area contributed by atoms with Crippen LogP contribution in [0, 0.1) is 0 Å². The maximum atomic E-state index is 12.2. The van der Waals surface area contributed by atoms with Gasteiger partial charge in [-0.25, -0.2) is 0 Å². The van der Waals surface area contributed by atoms with E-state index in [4.69, 9.17) is 14.2 Å². The lowest BCUT2D eigenvalue weighted by Gasteiger charge is -2.21. The second-order valence-electron chi connectivity index (χ2n) is 6.06. The van der Waals surface area contributed by atoms with Gasteiger partial charge in [0.1, 0.15) is 23.9 Å². The lowest BCUT2D eigenvalue weighted by Crippen LogP contribution is -2.35. The van der Waals surface area contributed by atoms with Crippen molar-refractivity contribution in [3.63, 3.8) is 0 Å². The number of methoxy groups -OCH3 is 2. The molecule has 0 heterocycles. The topological polar surface area (TPSA) is 77.1 Å². The van der Waals surface area contributed by atoms with Crippen LogP contribution in [0.2, 0.25) is 0 Å². The summed E-state index contributed by atoms with van der Waals surface area (Å²) in [7, 11) is 3.17. The highest BCUT2D eigenvalue weighted by atomic mass is 16.5. The number of rotatable bonds is 10. The van der Waals surface area contributed by atoms with Crippen molar-refractivity contribution in [3.05, 3.63) is 48.5 Å². The van der Waals surface area contributed by atoms with Gasteiger partial charge in [0.25, 0.3) is 0 Å². The monoisotopic (exact) mass is 386 g/mol. The molecule has 0 aromatic heterocycles. The van der Waals surface area contributed by atoms with Crippen LogP contribution in [0.15, 0.2) is 48.5 Å². The molecule has 0 radical (unpaired) electrons. The summed E-state index contributed by atoms with van der Waals surface area (Å²) in [6, 6.07) is 14.3. The van der Waals surface area contributed by atoms with E-state index >= 15 is 0 Å². The second-order valence-corrected chi connectivity index (χ2v) is 6.06. The number of benzene rings is 2. The molecule has 0 aliphatic carbocycles. The molecular formula is C21H26N2O5. The molecule has 0 aliphatic rings. The summed E-state index contributed by atoms with van der Waals surface area (Å²) in [4.78, 5) is 25.6. The van der Waals surface area contributed by atoms with E-state index in [9.17, 15) is 9.59 Å². The van der Waals surface area contributed by atoms with Crippen LogP contribution in [-0.4, -0.2) is 50.6 Å². The van der Waals surface area contributed by atoms with E-state index in [-0.39, 0.29) is 18.2 Å². The van der Waals surface area contributed by atoms with Crippen molar-refractivity contribution in [3.8, 4) is 17.2 Å². The van der Waals surface area contributed by atoms with Crippen LogP contribution < -0.4 is 19.5 Å². The first kappa shape index (κ1) is 21.1. The molecule has 0 aliphatic heterocycles. The zero-order chi connectivity index (χ0) is 20.4. The summed E-state index contributed by atoms with van der Waals surface area (Å²) in [6.07, 6.45) is 0.194. The van der Waals surface area contributed by atoms with Crippen LogP contribution in [0.3, 0.4) is 0 Å². The van der Waals surface area contributed by atoms with Crippen LogP contribution in [0.25, 0.3) is 0 Å². The Bertz CT molecular complexity index is 777. The molecule has 28 heavy (non-hydrogen) atoms. The molecule has 0 unspecified atom stereocenters. The fraction of sp³-hybridized carbons (Fsp3) is 0.333. The summed E-state index contributed by atoms with van der Waals surface area (Å²) in [6.45, 7) is 2.53. The van der Waals surface area contributed by atoms with Gasteiger partial charge in [0.05, 0.1) is 20.8 Å². The first-order valence-electron chi connectivity index (χ1n) is 8.98. The van der Waals surface area contributed by atoms with Crippen molar-refractivity contribution < 1.29 is 23.8 Å². The van der Waals surface area contributed by atoms with Crippen molar-refractivity contribution in [2.45, 2.75) is 13.3 Å².